The molecule has 3 aliphatic heterocycles. The minimum absolute atomic E-state index is 0.00512. The van der Waals surface area contributed by atoms with Crippen molar-refractivity contribution in [1.29, 1.82) is 0 Å². The third-order valence-corrected chi connectivity index (χ3v) is 19.0. The van der Waals surface area contributed by atoms with Crippen molar-refractivity contribution in [2.75, 3.05) is 95.9 Å². The predicted octanol–water partition coefficient (Wildman–Crippen LogP) is 20.6. The fourth-order valence-corrected chi connectivity index (χ4v) is 12.9. The summed E-state index contributed by atoms with van der Waals surface area (Å²) in [6.45, 7) is 23.9. The van der Waals surface area contributed by atoms with Crippen molar-refractivity contribution in [3.8, 4) is 0 Å². The zero-order chi connectivity index (χ0) is 78.8. The molecule has 5 aliphatic carbocycles. The number of carbonyl (C=O) groups excluding carboxylic acids is 8. The summed E-state index contributed by atoms with van der Waals surface area (Å²) < 4.78 is 92.3. The summed E-state index contributed by atoms with van der Waals surface area (Å²) in [5.41, 5.74) is -0.0483. The number of ether oxygens (including phenoxy) is 19. The molecule has 3 heterocycles. The molecular formula is C73H124Cl6O27. The number of rotatable bonds is 22. The van der Waals surface area contributed by atoms with Crippen LogP contribution >= 0.6 is 69.6 Å². The Morgan fingerprint density at radius 2 is 0.896 bits per heavy atom. The molecule has 620 valence electrons. The van der Waals surface area contributed by atoms with E-state index in [4.69, 9.17) is 131 Å². The molecule has 33 heteroatoms. The van der Waals surface area contributed by atoms with E-state index in [2.05, 4.69) is 63.0 Å². The van der Waals surface area contributed by atoms with Gasteiger partial charge >= 0.3 is 49.2 Å². The molecule has 0 spiro atoms. The van der Waals surface area contributed by atoms with Gasteiger partial charge in [-0.05, 0) is 190 Å². The molecule has 106 heavy (non-hydrogen) atoms. The first-order valence-electron chi connectivity index (χ1n) is 37.5. The summed E-state index contributed by atoms with van der Waals surface area (Å²) >= 11 is 31.2. The summed E-state index contributed by atoms with van der Waals surface area (Å²) in [5, 5.41) is 0. The van der Waals surface area contributed by atoms with Crippen LogP contribution < -0.4 is 0 Å². The van der Waals surface area contributed by atoms with Crippen molar-refractivity contribution in [2.24, 2.45) is 35.0 Å². The van der Waals surface area contributed by atoms with Gasteiger partial charge in [0.15, 0.2) is 36.4 Å². The minimum atomic E-state index is -0.697. The van der Waals surface area contributed by atoms with Gasteiger partial charge in [0.25, 0.3) is 0 Å². The summed E-state index contributed by atoms with van der Waals surface area (Å²) in [7, 11) is 0. The molecule has 3 saturated heterocycles. The largest absolute Gasteiger partial charge is 0.510 e. The lowest BCUT2D eigenvalue weighted by Gasteiger charge is -2.34. The molecule has 0 radical (unpaired) electrons. The SMILES string of the molecule is CC1(C)CCCC(OC(=O)OCCl)C1.CC1(OC(=O)OCCl)CCCC1.CC1CCC(C)C(OC(=O)OCCl)C1.CC1CCC(OC(=O)OCCl)C1.CCCOC(=O)OC(C)C1CCCC1.CCCOC(=O)OCCC1CCCCO1.O=C(OCCl)OC1CCOCC1.O=C(OCCl)OCC1CCOCC1. The van der Waals surface area contributed by atoms with E-state index < -0.39 is 49.2 Å². The Hall–Kier alpha value is -4.22. The molecule has 0 N–H and O–H groups in total. The molecule has 0 aromatic heterocycles. The Morgan fingerprint density at radius 3 is 1.42 bits per heavy atom. The highest BCUT2D eigenvalue weighted by molar-refractivity contribution is 6.18. The average Bonchev–Trinajstić information content (AvgIpc) is 0.917. The second-order valence-corrected chi connectivity index (χ2v) is 29.3. The molecule has 0 aromatic carbocycles. The van der Waals surface area contributed by atoms with E-state index in [9.17, 15) is 38.4 Å². The summed E-state index contributed by atoms with van der Waals surface area (Å²) in [6, 6.07) is -0.894. The third-order valence-electron chi connectivity index (χ3n) is 18.3. The normalized spacial score (nSPS) is 23.1. The van der Waals surface area contributed by atoms with Crippen LogP contribution in [0.5, 0.6) is 0 Å². The van der Waals surface area contributed by atoms with E-state index in [1.807, 2.05) is 27.7 Å². The monoisotopic (exact) mass is 1640 g/mol. The zero-order valence-electron chi connectivity index (χ0n) is 64.0. The molecule has 27 nitrogen and oxygen atoms in total. The van der Waals surface area contributed by atoms with Crippen LogP contribution in [0.3, 0.4) is 0 Å². The lowest BCUT2D eigenvalue weighted by molar-refractivity contribution is -0.0236. The van der Waals surface area contributed by atoms with Crippen molar-refractivity contribution in [1.82, 2.24) is 0 Å². The van der Waals surface area contributed by atoms with Gasteiger partial charge < -0.3 is 90.0 Å². The third kappa shape index (κ3) is 52.8. The van der Waals surface area contributed by atoms with Crippen molar-refractivity contribution in [2.45, 2.75) is 284 Å². The van der Waals surface area contributed by atoms with E-state index in [0.717, 1.165) is 155 Å². The van der Waals surface area contributed by atoms with Crippen molar-refractivity contribution in [3.05, 3.63) is 0 Å². The molecule has 8 unspecified atom stereocenters. The zero-order valence-corrected chi connectivity index (χ0v) is 68.6. The first-order valence-corrected chi connectivity index (χ1v) is 40.7. The number of hydrogen-bond acceptors (Lipinski definition) is 27. The molecular weight excluding hydrogens is 1520 g/mol. The van der Waals surface area contributed by atoms with Crippen LogP contribution in [0.1, 0.15) is 242 Å². The topological polar surface area (TPSA) is 312 Å². The first kappa shape index (κ1) is 99.8. The van der Waals surface area contributed by atoms with Gasteiger partial charge in [-0.25, -0.2) is 38.4 Å². The fourth-order valence-electron chi connectivity index (χ4n) is 12.4. The van der Waals surface area contributed by atoms with Crippen LogP contribution in [-0.2, 0) is 90.0 Å². The highest BCUT2D eigenvalue weighted by Crippen LogP contribution is 2.37. The quantitative estimate of drug-likeness (QED) is 0.0552. The van der Waals surface area contributed by atoms with E-state index in [0.29, 0.717) is 69.2 Å². The summed E-state index contributed by atoms with van der Waals surface area (Å²) in [4.78, 5) is 87.2. The van der Waals surface area contributed by atoms with Crippen LogP contribution in [0.15, 0.2) is 0 Å². The van der Waals surface area contributed by atoms with E-state index in [1.165, 1.54) is 44.9 Å². The Balaban J connectivity index is 0.000000606. The molecule has 8 aliphatic rings. The van der Waals surface area contributed by atoms with E-state index in [1.54, 1.807) is 0 Å². The summed E-state index contributed by atoms with van der Waals surface area (Å²) in [6.07, 6.45) is 23.8. The smallest absolute Gasteiger partial charge is 0.434 e. The van der Waals surface area contributed by atoms with Gasteiger partial charge in [-0.2, -0.15) is 0 Å². The standard InChI is InChI=1S/C11H20O4.C11H20O3.2C10H17ClO3.C8H13ClO4.2C8H13ClO3.C7H11ClO4/c1-2-7-14-11(12)15-9-6-10-5-3-4-8-13-10;1-3-8-13-11(12)14-9(2)10-6-4-5-7-10;1-7-3-4-8(2)9(5-7)14-10(12)13-6-11;1-10(2)5-3-4-8(6-10)14-9(12)13-7-11;9-6-13-8(10)12-5-7-1-3-11-4-2-7;1-6-2-3-7(4-6)12-8(10)11-5-9;1-8(4-2-3-5-8)12-7(10)11-6-9;8-5-11-7(9)12-6-1-3-10-4-2-6/h10H,2-9H2,1H3;9-10H,3-8H2,1-2H3;7-9H,3-6H2,1-2H3;8H,3-7H2,1-2H3;7H,1-6H2;6-7H,2-5H2,1H3;2-6H2,1H3;6H,1-5H2. The number of alkyl halides is 6. The summed E-state index contributed by atoms with van der Waals surface area (Å²) in [5.74, 6) is 2.65. The van der Waals surface area contributed by atoms with Gasteiger partial charge in [0.2, 0.25) is 0 Å². The van der Waals surface area contributed by atoms with Gasteiger partial charge in [-0.3, -0.25) is 0 Å². The first-order chi connectivity index (χ1) is 50.8. The van der Waals surface area contributed by atoms with Gasteiger partial charge in [-0.15, -0.1) is 0 Å². The second kappa shape index (κ2) is 62.4. The maximum atomic E-state index is 11.1. The van der Waals surface area contributed by atoms with Crippen molar-refractivity contribution < 1.29 is 128 Å². The maximum Gasteiger partial charge on any atom is 0.510 e. The van der Waals surface area contributed by atoms with E-state index in [-0.39, 0.29) is 84.0 Å². The number of hydrogen-bond donors (Lipinski definition) is 0. The molecule has 0 amide bonds. The highest BCUT2D eigenvalue weighted by Gasteiger charge is 2.35. The van der Waals surface area contributed by atoms with Crippen molar-refractivity contribution >= 4 is 119 Å². The van der Waals surface area contributed by atoms with Crippen LogP contribution in [0.25, 0.3) is 0 Å². The molecule has 0 aromatic rings. The minimum Gasteiger partial charge on any atom is -0.434 e. The van der Waals surface area contributed by atoms with Crippen LogP contribution in [0.2, 0.25) is 0 Å². The maximum absolute atomic E-state index is 11.1. The van der Waals surface area contributed by atoms with Gasteiger partial charge in [0.1, 0.15) is 36.1 Å². The molecule has 8 fully saturated rings. The fraction of sp³-hybridized carbons (Fsp3) is 0.890. The second-order valence-electron chi connectivity index (χ2n) is 28.0. The van der Waals surface area contributed by atoms with Crippen LogP contribution in [0.4, 0.5) is 38.4 Å². The molecule has 8 atom stereocenters. The van der Waals surface area contributed by atoms with Crippen LogP contribution in [0, 0.1) is 35.0 Å². The van der Waals surface area contributed by atoms with Crippen LogP contribution in [-0.4, -0.2) is 187 Å². The lowest BCUT2D eigenvalue weighted by atomic mass is 9.76. The highest BCUT2D eigenvalue weighted by atomic mass is 35.5. The Labute approximate surface area is 658 Å². The Bertz CT molecular complexity index is 2280. The molecule has 5 saturated carbocycles. The number of carbonyl (C=O) groups is 8. The van der Waals surface area contributed by atoms with Crippen molar-refractivity contribution in [3.63, 3.8) is 0 Å². The van der Waals surface area contributed by atoms with Gasteiger partial charge in [0, 0.05) is 39.1 Å². The number of halogens is 6. The molecule has 0 bridgehead atoms. The van der Waals surface area contributed by atoms with E-state index >= 15 is 0 Å². The van der Waals surface area contributed by atoms with Gasteiger partial charge in [0.05, 0.1) is 45.7 Å². The Kier molecular flexibility index (Phi) is 58.8. The lowest BCUT2D eigenvalue weighted by Crippen LogP contribution is -2.31. The van der Waals surface area contributed by atoms with Gasteiger partial charge in [-0.1, -0.05) is 137 Å². The predicted molar refractivity (Wildman–Crippen MR) is 398 cm³/mol. The molecule has 8 rings (SSSR count). The average molecular weight is 1650 g/mol. The Morgan fingerprint density at radius 1 is 0.425 bits per heavy atom.